The fraction of sp³-hybridized carbons (Fsp3) is 1.00. The van der Waals surface area contributed by atoms with Crippen LogP contribution in [0, 0.1) is 0 Å². The molecule has 1 saturated heterocycles. The van der Waals surface area contributed by atoms with Gasteiger partial charge in [-0.3, -0.25) is 4.90 Å². The van der Waals surface area contributed by atoms with Crippen LogP contribution in [0.3, 0.4) is 0 Å². The lowest BCUT2D eigenvalue weighted by molar-refractivity contribution is -0.151. The Labute approximate surface area is 93.7 Å². The first kappa shape index (κ1) is 13.7. The van der Waals surface area contributed by atoms with Gasteiger partial charge in [-0.15, -0.1) is 0 Å². The zero-order valence-electron chi connectivity index (χ0n) is 9.30. The number of alkyl halides is 3. The van der Waals surface area contributed by atoms with Crippen molar-refractivity contribution in [3.63, 3.8) is 0 Å². The minimum atomic E-state index is -4.09. The van der Waals surface area contributed by atoms with Crippen LogP contribution in [-0.4, -0.2) is 50.0 Å². The Hall–Kier alpha value is -0.330. The van der Waals surface area contributed by atoms with Gasteiger partial charge in [0.2, 0.25) is 0 Å². The number of likely N-dealkylation sites (tertiary alicyclic amines) is 1. The minimum absolute atomic E-state index is 0.107. The van der Waals surface area contributed by atoms with E-state index >= 15 is 0 Å². The van der Waals surface area contributed by atoms with E-state index in [2.05, 4.69) is 0 Å². The van der Waals surface area contributed by atoms with Crippen LogP contribution in [0.1, 0.15) is 19.3 Å². The van der Waals surface area contributed by atoms with Crippen molar-refractivity contribution in [2.24, 2.45) is 5.73 Å². The summed E-state index contributed by atoms with van der Waals surface area (Å²) in [6.07, 6.45) is -1.81. The summed E-state index contributed by atoms with van der Waals surface area (Å²) in [6, 6.07) is 0. The molecule has 16 heavy (non-hydrogen) atoms. The number of hydrogen-bond donors (Lipinski definition) is 1. The molecule has 1 rings (SSSR count). The van der Waals surface area contributed by atoms with Gasteiger partial charge in [-0.25, -0.2) is 0 Å². The van der Waals surface area contributed by atoms with E-state index in [9.17, 15) is 13.2 Å². The first-order valence-electron chi connectivity index (χ1n) is 5.62. The summed E-state index contributed by atoms with van der Waals surface area (Å²) in [5, 5.41) is 0. The van der Waals surface area contributed by atoms with Crippen molar-refractivity contribution >= 4 is 0 Å². The molecule has 1 heterocycles. The van der Waals surface area contributed by atoms with Gasteiger partial charge in [-0.1, -0.05) is 0 Å². The molecule has 1 aliphatic heterocycles. The zero-order valence-corrected chi connectivity index (χ0v) is 9.30. The van der Waals surface area contributed by atoms with E-state index in [0.29, 0.717) is 39.1 Å². The molecule has 0 aromatic heterocycles. The summed E-state index contributed by atoms with van der Waals surface area (Å²) in [7, 11) is 0. The molecule has 3 nitrogen and oxygen atoms in total. The summed E-state index contributed by atoms with van der Waals surface area (Å²) >= 11 is 0. The molecule has 0 radical (unpaired) electrons. The van der Waals surface area contributed by atoms with E-state index in [4.69, 9.17) is 10.5 Å². The largest absolute Gasteiger partial charge is 0.401 e. The average Bonchev–Trinajstić information content (AvgIpc) is 2.19. The van der Waals surface area contributed by atoms with Crippen LogP contribution >= 0.6 is 0 Å². The average molecular weight is 240 g/mol. The first-order valence-corrected chi connectivity index (χ1v) is 5.62. The third-order valence-electron chi connectivity index (χ3n) is 2.64. The van der Waals surface area contributed by atoms with Crippen molar-refractivity contribution in [1.29, 1.82) is 0 Å². The number of rotatable bonds is 5. The van der Waals surface area contributed by atoms with E-state index < -0.39 is 12.7 Å². The van der Waals surface area contributed by atoms with Gasteiger partial charge in [0.15, 0.2) is 0 Å². The van der Waals surface area contributed by atoms with Crippen LogP contribution in [0.25, 0.3) is 0 Å². The van der Waals surface area contributed by atoms with Crippen molar-refractivity contribution in [2.45, 2.75) is 31.5 Å². The number of hydrogen-bond acceptors (Lipinski definition) is 3. The maximum Gasteiger partial charge on any atom is 0.401 e. The predicted molar refractivity (Wildman–Crippen MR) is 55.1 cm³/mol. The Morgan fingerprint density at radius 3 is 2.38 bits per heavy atom. The molecule has 1 fully saturated rings. The van der Waals surface area contributed by atoms with Gasteiger partial charge < -0.3 is 10.5 Å². The highest BCUT2D eigenvalue weighted by atomic mass is 19.4. The Kier molecular flexibility index (Phi) is 5.51. The normalized spacial score (nSPS) is 20.2. The van der Waals surface area contributed by atoms with E-state index in [1.165, 1.54) is 4.90 Å². The Bertz CT molecular complexity index is 191. The Morgan fingerprint density at radius 1 is 1.25 bits per heavy atom. The highest BCUT2D eigenvalue weighted by Gasteiger charge is 2.32. The molecule has 0 aliphatic carbocycles. The Balaban J connectivity index is 2.13. The predicted octanol–water partition coefficient (Wildman–Crippen LogP) is 1.38. The van der Waals surface area contributed by atoms with Crippen molar-refractivity contribution in [3.8, 4) is 0 Å². The second-order valence-electron chi connectivity index (χ2n) is 4.10. The van der Waals surface area contributed by atoms with E-state index in [-0.39, 0.29) is 6.10 Å². The quantitative estimate of drug-likeness (QED) is 0.738. The standard InChI is InChI=1S/C10H19F3N2O/c11-10(12,13)8-15-5-2-9(3-6-15)16-7-1-4-14/h9H,1-8,14H2. The van der Waals surface area contributed by atoms with E-state index in [1.54, 1.807) is 0 Å². The van der Waals surface area contributed by atoms with Crippen molar-refractivity contribution in [3.05, 3.63) is 0 Å². The Morgan fingerprint density at radius 2 is 1.88 bits per heavy atom. The third kappa shape index (κ3) is 5.67. The second-order valence-corrected chi connectivity index (χ2v) is 4.10. The maximum absolute atomic E-state index is 12.1. The molecule has 0 aromatic rings. The van der Waals surface area contributed by atoms with Crippen LogP contribution in [0.15, 0.2) is 0 Å². The molecule has 0 bridgehead atoms. The van der Waals surface area contributed by atoms with E-state index in [1.807, 2.05) is 0 Å². The number of ether oxygens (including phenoxy) is 1. The fourth-order valence-corrected chi connectivity index (χ4v) is 1.82. The highest BCUT2D eigenvalue weighted by molar-refractivity contribution is 4.74. The van der Waals surface area contributed by atoms with Gasteiger partial charge in [0.1, 0.15) is 0 Å². The van der Waals surface area contributed by atoms with Gasteiger partial charge in [0.25, 0.3) is 0 Å². The van der Waals surface area contributed by atoms with Crippen LogP contribution in [0.2, 0.25) is 0 Å². The van der Waals surface area contributed by atoms with Crippen molar-refractivity contribution < 1.29 is 17.9 Å². The van der Waals surface area contributed by atoms with Crippen LogP contribution in [0.5, 0.6) is 0 Å². The summed E-state index contributed by atoms with van der Waals surface area (Å²) < 4.78 is 41.8. The molecule has 1 aliphatic rings. The fourth-order valence-electron chi connectivity index (χ4n) is 1.82. The molecule has 2 N–H and O–H groups in total. The summed E-state index contributed by atoms with van der Waals surface area (Å²) in [5.41, 5.74) is 5.32. The van der Waals surface area contributed by atoms with Crippen LogP contribution in [-0.2, 0) is 4.74 Å². The van der Waals surface area contributed by atoms with Gasteiger partial charge >= 0.3 is 6.18 Å². The number of halogens is 3. The van der Waals surface area contributed by atoms with Gasteiger partial charge in [-0.05, 0) is 25.8 Å². The number of piperidine rings is 1. The summed E-state index contributed by atoms with van der Waals surface area (Å²) in [4.78, 5) is 1.43. The van der Waals surface area contributed by atoms with Crippen molar-refractivity contribution in [2.75, 3.05) is 32.8 Å². The molecule has 0 spiro atoms. The molecular weight excluding hydrogens is 221 g/mol. The molecule has 0 amide bonds. The van der Waals surface area contributed by atoms with E-state index in [0.717, 1.165) is 6.42 Å². The smallest absolute Gasteiger partial charge is 0.378 e. The molecule has 0 unspecified atom stereocenters. The van der Waals surface area contributed by atoms with Gasteiger partial charge in [0, 0.05) is 19.7 Å². The van der Waals surface area contributed by atoms with Gasteiger partial charge in [0.05, 0.1) is 12.6 Å². The lowest BCUT2D eigenvalue weighted by Crippen LogP contribution is -2.42. The maximum atomic E-state index is 12.1. The SMILES string of the molecule is NCCCOC1CCN(CC(F)(F)F)CC1. The number of nitrogens with two attached hydrogens (primary N) is 1. The summed E-state index contributed by atoms with van der Waals surface area (Å²) in [6.45, 7) is 1.33. The zero-order chi connectivity index (χ0) is 12.0. The monoisotopic (exact) mass is 240 g/mol. The number of nitrogens with zero attached hydrogens (tertiary/aromatic N) is 1. The topological polar surface area (TPSA) is 38.5 Å². The van der Waals surface area contributed by atoms with Crippen molar-refractivity contribution in [1.82, 2.24) is 4.90 Å². The van der Waals surface area contributed by atoms with Crippen LogP contribution < -0.4 is 5.73 Å². The third-order valence-corrected chi connectivity index (χ3v) is 2.64. The highest BCUT2D eigenvalue weighted by Crippen LogP contribution is 2.20. The van der Waals surface area contributed by atoms with Gasteiger partial charge in [-0.2, -0.15) is 13.2 Å². The summed E-state index contributed by atoms with van der Waals surface area (Å²) in [5.74, 6) is 0. The molecule has 96 valence electrons. The molecule has 0 saturated carbocycles. The lowest BCUT2D eigenvalue weighted by atomic mass is 10.1. The molecular formula is C10H19F3N2O. The second kappa shape index (κ2) is 6.42. The molecule has 6 heteroatoms. The minimum Gasteiger partial charge on any atom is -0.378 e. The van der Waals surface area contributed by atoms with Crippen LogP contribution in [0.4, 0.5) is 13.2 Å². The molecule has 0 atom stereocenters. The molecule has 0 aromatic carbocycles. The first-order chi connectivity index (χ1) is 7.51. The lowest BCUT2D eigenvalue weighted by Gasteiger charge is -2.32.